The van der Waals surface area contributed by atoms with Crippen LogP contribution in [0.2, 0.25) is 0 Å². The lowest BCUT2D eigenvalue weighted by Gasteiger charge is -2.17. The second-order valence-electron chi connectivity index (χ2n) is 6.44. The predicted molar refractivity (Wildman–Crippen MR) is 125 cm³/mol. The summed E-state index contributed by atoms with van der Waals surface area (Å²) >= 11 is 0. The minimum absolute atomic E-state index is 0.421. The van der Waals surface area contributed by atoms with E-state index in [2.05, 4.69) is 24.7 Å². The van der Waals surface area contributed by atoms with Gasteiger partial charge in [0.05, 0.1) is 25.2 Å². The number of nitrogens with zero attached hydrogens (tertiary/aromatic N) is 4. The molecule has 0 aliphatic carbocycles. The van der Waals surface area contributed by atoms with Crippen LogP contribution in [-0.2, 0) is 10.0 Å². The van der Waals surface area contributed by atoms with E-state index in [1.807, 2.05) is 0 Å². The van der Waals surface area contributed by atoms with Gasteiger partial charge in [-0.15, -0.1) is 0 Å². The number of anilines is 1. The maximum absolute atomic E-state index is 13.3. The number of hydrogen-bond acceptors (Lipinski definition) is 9. The number of aromatic nitrogens is 4. The van der Waals surface area contributed by atoms with Crippen molar-refractivity contribution in [1.29, 1.82) is 0 Å². The molecule has 0 spiro atoms. The van der Waals surface area contributed by atoms with E-state index >= 15 is 0 Å². The van der Waals surface area contributed by atoms with Crippen molar-refractivity contribution in [2.24, 2.45) is 0 Å². The Morgan fingerprint density at radius 3 is 2.35 bits per heavy atom. The molecule has 0 radical (unpaired) electrons. The first-order valence-electron chi connectivity index (χ1n) is 13.4. The number of nitrogens with one attached hydrogen (secondary N) is 1. The Labute approximate surface area is 207 Å². The van der Waals surface area contributed by atoms with Gasteiger partial charge in [-0.05, 0) is 42.7 Å². The molecule has 0 atom stereocenters. The van der Waals surface area contributed by atoms with Gasteiger partial charge in [0.15, 0.2) is 28.2 Å². The van der Waals surface area contributed by atoms with E-state index < -0.39 is 104 Å². The summed E-state index contributed by atoms with van der Waals surface area (Å²) in [7, 11) is -2.24. The summed E-state index contributed by atoms with van der Waals surface area (Å²) in [4.78, 5) is 15.6. The van der Waals surface area contributed by atoms with Gasteiger partial charge < -0.3 is 14.2 Å². The molecule has 34 heavy (non-hydrogen) atoms. The average Bonchev–Trinajstić information content (AvgIpc) is 2.94. The molecule has 10 nitrogen and oxygen atoms in total. The van der Waals surface area contributed by atoms with Crippen LogP contribution in [0.15, 0.2) is 72.0 Å². The molecule has 0 aliphatic rings. The molecular formula is C23H21N5O5S. The molecule has 0 aliphatic heterocycles. The maximum atomic E-state index is 13.3. The van der Waals surface area contributed by atoms with Crippen molar-refractivity contribution >= 4 is 15.8 Å². The lowest BCUT2D eigenvalue weighted by atomic mass is 10.2. The van der Waals surface area contributed by atoms with Crippen LogP contribution in [0.25, 0.3) is 11.4 Å². The molecule has 0 saturated carbocycles. The summed E-state index contributed by atoms with van der Waals surface area (Å²) in [5.41, 5.74) is 0.244. The Morgan fingerprint density at radius 1 is 0.971 bits per heavy atom. The first-order valence-corrected chi connectivity index (χ1v) is 10.9. The van der Waals surface area contributed by atoms with Crippen LogP contribution in [-0.4, -0.2) is 42.6 Å². The van der Waals surface area contributed by atoms with Crippen LogP contribution in [0.4, 0.5) is 5.82 Å². The molecule has 0 fully saturated rings. The molecule has 1 aromatic carbocycles. The highest BCUT2D eigenvalue weighted by Crippen LogP contribution is 2.41. The molecule has 0 saturated heterocycles. The molecule has 0 amide bonds. The molecule has 4 rings (SSSR count). The summed E-state index contributed by atoms with van der Waals surface area (Å²) in [5, 5.41) is -0.425. The normalized spacial score (nSPS) is 14.3. The third kappa shape index (κ3) is 4.89. The molecule has 3 heterocycles. The van der Waals surface area contributed by atoms with Crippen LogP contribution < -0.4 is 18.9 Å². The Balaban J connectivity index is 2.03. The van der Waals surface area contributed by atoms with Gasteiger partial charge in [0.2, 0.25) is 5.75 Å². The molecule has 0 bridgehead atoms. The van der Waals surface area contributed by atoms with Gasteiger partial charge >= 0.3 is 0 Å². The molecular weight excluding hydrogens is 458 g/mol. The zero-order valence-corrected chi connectivity index (χ0v) is 18.8. The van der Waals surface area contributed by atoms with Crippen LogP contribution in [0, 0.1) is 6.92 Å². The first kappa shape index (κ1) is 14.8. The van der Waals surface area contributed by atoms with Crippen LogP contribution in [0.5, 0.6) is 23.1 Å². The van der Waals surface area contributed by atoms with E-state index in [1.165, 1.54) is 18.3 Å². The molecule has 4 aromatic rings. The van der Waals surface area contributed by atoms with Crippen LogP contribution >= 0.6 is 0 Å². The van der Waals surface area contributed by atoms with Gasteiger partial charge in [0, 0.05) is 24.1 Å². The van der Waals surface area contributed by atoms with Gasteiger partial charge in [0.25, 0.3) is 15.9 Å². The highest BCUT2D eigenvalue weighted by Gasteiger charge is 2.25. The molecule has 0 unspecified atom stereocenters. The zero-order valence-electron chi connectivity index (χ0n) is 26.0. The first-order chi connectivity index (χ1) is 19.7. The zero-order chi connectivity index (χ0) is 31.1. The average molecular weight is 488 g/mol. The second-order valence-corrected chi connectivity index (χ2v) is 8.07. The number of benzene rings is 1. The van der Waals surface area contributed by atoms with E-state index in [9.17, 15) is 8.42 Å². The number of methoxy groups -OCH3 is 2. The van der Waals surface area contributed by atoms with Crippen molar-refractivity contribution in [3.8, 4) is 34.5 Å². The van der Waals surface area contributed by atoms with E-state index in [1.54, 1.807) is 6.92 Å². The van der Waals surface area contributed by atoms with E-state index in [4.69, 9.17) is 25.2 Å². The summed E-state index contributed by atoms with van der Waals surface area (Å²) < 4.78 is 110. The number of ether oxygens (including phenoxy) is 3. The smallest absolute Gasteiger partial charge is 0.280 e. The molecule has 11 heteroatoms. The lowest BCUT2D eigenvalue weighted by Crippen LogP contribution is -2.17. The highest BCUT2D eigenvalue weighted by atomic mass is 32.2. The van der Waals surface area contributed by atoms with Crippen LogP contribution in [0.1, 0.15) is 16.5 Å². The Hall–Kier alpha value is -4.25. The number of para-hydroxylation sites is 2. The van der Waals surface area contributed by atoms with E-state index in [0.717, 1.165) is 14.2 Å². The van der Waals surface area contributed by atoms with Crippen molar-refractivity contribution < 1.29 is 33.6 Å². The van der Waals surface area contributed by atoms with Gasteiger partial charge in [-0.1, -0.05) is 18.2 Å². The van der Waals surface area contributed by atoms with E-state index in [0.29, 0.717) is 5.56 Å². The van der Waals surface area contributed by atoms with Crippen molar-refractivity contribution in [2.45, 2.75) is 11.9 Å². The minimum Gasteiger partial charge on any atom is -0.493 e. The summed E-state index contributed by atoms with van der Waals surface area (Å²) in [6.45, 7) is 1.70. The number of rotatable bonds is 8. The Kier molecular flexibility index (Phi) is 4.23. The van der Waals surface area contributed by atoms with Gasteiger partial charge in [-0.2, -0.15) is 13.4 Å². The van der Waals surface area contributed by atoms with E-state index in [-0.39, 0.29) is 0 Å². The molecule has 1 N–H and O–H groups in total. The lowest BCUT2D eigenvalue weighted by molar-refractivity contribution is 0.348. The standard InChI is InChI=1S/C23H21N5O5S/c1-15-8-9-19(25-14-15)34(29,30)28-22-20(33-18-7-5-4-6-17(18)31-2)23(32-3)27-21(26-22)16-10-12-24-13-11-16/h4-14H,1-3H3,(H,26,27,28)/i4D,5D,6D,7D,10D,11D,12D,13D. The topological polar surface area (TPSA) is 125 Å². The summed E-state index contributed by atoms with van der Waals surface area (Å²) in [6.07, 6.45) is -0.0143. The third-order valence-corrected chi connectivity index (χ3v) is 5.40. The fourth-order valence-electron chi connectivity index (χ4n) is 2.58. The maximum Gasteiger partial charge on any atom is 0.280 e. The van der Waals surface area contributed by atoms with Crippen molar-refractivity contribution in [2.75, 3.05) is 18.9 Å². The number of sulfonamides is 1. The van der Waals surface area contributed by atoms with Gasteiger partial charge in [-0.25, -0.2) is 9.97 Å². The second kappa shape index (κ2) is 9.71. The summed E-state index contributed by atoms with van der Waals surface area (Å²) in [5.74, 6) is -3.21. The number of hydrogen-bond donors (Lipinski definition) is 1. The predicted octanol–water partition coefficient (Wildman–Crippen LogP) is 3.85. The minimum atomic E-state index is -4.50. The van der Waals surface area contributed by atoms with Gasteiger partial charge in [0.1, 0.15) is 0 Å². The Bertz CT molecular complexity index is 1800. The van der Waals surface area contributed by atoms with Gasteiger partial charge in [-0.3, -0.25) is 9.71 Å². The van der Waals surface area contributed by atoms with Crippen molar-refractivity contribution in [3.63, 3.8) is 0 Å². The largest absolute Gasteiger partial charge is 0.493 e. The monoisotopic (exact) mass is 487 g/mol. The fourth-order valence-corrected chi connectivity index (χ4v) is 3.52. The molecule has 3 aromatic heterocycles. The number of aryl methyl sites for hydroxylation is 1. The van der Waals surface area contributed by atoms with Crippen molar-refractivity contribution in [1.82, 2.24) is 19.9 Å². The molecule has 174 valence electrons. The third-order valence-electron chi connectivity index (χ3n) is 4.14. The number of pyridine rings is 2. The SMILES string of the molecule is [2H]c1nc([2H])c([2H])c(-c2nc(NS(=O)(=O)c3ccc(C)cn3)c(Oc3c([2H])c([2H])c([2H])c([2H])c3OC)c(OC)n2)c1[2H]. The summed E-state index contributed by atoms with van der Waals surface area (Å²) in [6, 6.07) is -1.09. The van der Waals surface area contributed by atoms with Crippen molar-refractivity contribution in [3.05, 3.63) is 72.5 Å². The van der Waals surface area contributed by atoms with Crippen LogP contribution in [0.3, 0.4) is 0 Å². The highest BCUT2D eigenvalue weighted by molar-refractivity contribution is 7.92. The fraction of sp³-hybridized carbons (Fsp3) is 0.130. The quantitative estimate of drug-likeness (QED) is 0.394. The Morgan fingerprint density at radius 2 is 1.71 bits per heavy atom.